The van der Waals surface area contributed by atoms with Crippen molar-refractivity contribution < 1.29 is 4.39 Å². The van der Waals surface area contributed by atoms with Gasteiger partial charge in [-0.2, -0.15) is 0 Å². The maximum atomic E-state index is 13.7. The van der Waals surface area contributed by atoms with Crippen molar-refractivity contribution in [2.75, 3.05) is 19.6 Å². The van der Waals surface area contributed by atoms with E-state index in [1.807, 2.05) is 12.1 Å². The molecule has 1 aliphatic carbocycles. The fraction of sp³-hybridized carbons (Fsp3) is 0.588. The molecule has 2 fully saturated rings. The van der Waals surface area contributed by atoms with Crippen molar-refractivity contribution in [3.05, 3.63) is 35.6 Å². The van der Waals surface area contributed by atoms with Crippen LogP contribution in [0.4, 0.5) is 4.39 Å². The average Bonchev–Trinajstić information content (AvgIpc) is 3.11. The Kier molecular flexibility index (Phi) is 6.64. The van der Waals surface area contributed by atoms with Crippen LogP contribution in [0.25, 0.3) is 0 Å². The van der Waals surface area contributed by atoms with Gasteiger partial charge in [0, 0.05) is 18.0 Å². The maximum Gasteiger partial charge on any atom is 0.188 e. The first kappa shape index (κ1) is 18.4. The number of nitrogens with one attached hydrogen (secondary N) is 1. The molecular weight excluding hydrogens is 406 g/mol. The first-order chi connectivity index (χ1) is 10.7. The standard InChI is InChI=1S/C17H25FN4.HI/c1-2-22-9-5-6-12(22)11-20-17(19)21-16-10-14(16)13-7-3-4-8-15(13)18;/h3-4,7-8,12,14,16H,2,5-6,9-11H2,1H3,(H3,19,20,21);1H. The minimum absolute atomic E-state index is 0. The number of rotatable bonds is 5. The zero-order valence-corrected chi connectivity index (χ0v) is 15.9. The van der Waals surface area contributed by atoms with E-state index in [0.29, 0.717) is 12.0 Å². The van der Waals surface area contributed by atoms with Gasteiger partial charge in [-0.25, -0.2) is 4.39 Å². The summed E-state index contributed by atoms with van der Waals surface area (Å²) in [7, 11) is 0. The highest BCUT2D eigenvalue weighted by Crippen LogP contribution is 2.41. The molecule has 128 valence electrons. The smallest absolute Gasteiger partial charge is 0.188 e. The summed E-state index contributed by atoms with van der Waals surface area (Å²) >= 11 is 0. The van der Waals surface area contributed by atoms with Crippen molar-refractivity contribution in [1.82, 2.24) is 10.2 Å². The number of guanidine groups is 1. The molecule has 1 aromatic rings. The molecule has 1 aromatic carbocycles. The van der Waals surface area contributed by atoms with Gasteiger partial charge in [-0.3, -0.25) is 9.89 Å². The lowest BCUT2D eigenvalue weighted by atomic mass is 10.1. The molecule has 0 bridgehead atoms. The minimum atomic E-state index is -0.128. The summed E-state index contributed by atoms with van der Waals surface area (Å²) < 4.78 is 13.7. The number of likely N-dealkylation sites (N-methyl/N-ethyl adjacent to an activating group) is 1. The van der Waals surface area contributed by atoms with Gasteiger partial charge < -0.3 is 11.1 Å². The third kappa shape index (κ3) is 4.56. The van der Waals surface area contributed by atoms with E-state index in [-0.39, 0.29) is 41.8 Å². The molecule has 1 aliphatic heterocycles. The second kappa shape index (κ2) is 8.28. The molecule has 0 spiro atoms. The fourth-order valence-corrected chi connectivity index (χ4v) is 3.43. The lowest BCUT2D eigenvalue weighted by Gasteiger charge is -2.21. The summed E-state index contributed by atoms with van der Waals surface area (Å²) in [5, 5.41) is 3.23. The normalized spacial score (nSPS) is 27.6. The summed E-state index contributed by atoms with van der Waals surface area (Å²) in [5.41, 5.74) is 6.76. The first-order valence-electron chi connectivity index (χ1n) is 8.24. The minimum Gasteiger partial charge on any atom is -0.370 e. The van der Waals surface area contributed by atoms with E-state index in [4.69, 9.17) is 5.73 Å². The predicted octanol–water partition coefficient (Wildman–Crippen LogP) is 2.69. The lowest BCUT2D eigenvalue weighted by Crippen LogP contribution is -2.37. The van der Waals surface area contributed by atoms with Gasteiger partial charge in [0.1, 0.15) is 5.82 Å². The van der Waals surface area contributed by atoms with Crippen LogP contribution in [0, 0.1) is 5.82 Å². The van der Waals surface area contributed by atoms with Crippen molar-refractivity contribution in [2.24, 2.45) is 10.7 Å². The van der Waals surface area contributed by atoms with E-state index in [0.717, 1.165) is 25.1 Å². The molecule has 4 nitrogen and oxygen atoms in total. The van der Waals surface area contributed by atoms with E-state index in [1.54, 1.807) is 6.07 Å². The van der Waals surface area contributed by atoms with Crippen LogP contribution in [0.5, 0.6) is 0 Å². The van der Waals surface area contributed by atoms with Gasteiger partial charge in [0.05, 0.1) is 6.54 Å². The molecule has 0 amide bonds. The van der Waals surface area contributed by atoms with Crippen molar-refractivity contribution in [1.29, 1.82) is 0 Å². The Bertz CT molecular complexity index is 551. The first-order valence-corrected chi connectivity index (χ1v) is 8.24. The maximum absolute atomic E-state index is 13.7. The molecule has 2 aliphatic rings. The van der Waals surface area contributed by atoms with Gasteiger partial charge in [0.15, 0.2) is 5.96 Å². The second-order valence-corrected chi connectivity index (χ2v) is 6.27. The monoisotopic (exact) mass is 432 g/mol. The molecule has 0 aromatic heterocycles. The Morgan fingerprint density at radius 3 is 2.96 bits per heavy atom. The average molecular weight is 432 g/mol. The van der Waals surface area contributed by atoms with Crippen LogP contribution in [-0.2, 0) is 0 Å². The quantitative estimate of drug-likeness (QED) is 0.428. The Balaban J connectivity index is 0.00000192. The third-order valence-electron chi connectivity index (χ3n) is 4.81. The number of halogens is 2. The number of aliphatic imine (C=N–C) groups is 1. The van der Waals surface area contributed by atoms with Crippen molar-refractivity contribution >= 4 is 29.9 Å². The van der Waals surface area contributed by atoms with Crippen molar-refractivity contribution in [2.45, 2.75) is 44.2 Å². The number of nitrogens with two attached hydrogens (primary N) is 1. The number of nitrogens with zero attached hydrogens (tertiary/aromatic N) is 2. The van der Waals surface area contributed by atoms with Gasteiger partial charge in [-0.05, 0) is 44.0 Å². The molecule has 3 N–H and O–H groups in total. The topological polar surface area (TPSA) is 53.6 Å². The zero-order chi connectivity index (χ0) is 15.5. The lowest BCUT2D eigenvalue weighted by molar-refractivity contribution is 0.273. The van der Waals surface area contributed by atoms with Crippen LogP contribution >= 0.6 is 24.0 Å². The fourth-order valence-electron chi connectivity index (χ4n) is 3.43. The summed E-state index contributed by atoms with van der Waals surface area (Å²) in [6, 6.07) is 7.71. The summed E-state index contributed by atoms with van der Waals surface area (Å²) in [6.45, 7) is 5.18. The SMILES string of the molecule is CCN1CCCC1CN=C(N)NC1CC1c1ccccc1F.I. The van der Waals surface area contributed by atoms with Gasteiger partial charge in [-0.15, -0.1) is 24.0 Å². The number of hydrogen-bond acceptors (Lipinski definition) is 2. The molecule has 3 unspecified atom stereocenters. The Hall–Kier alpha value is -0.890. The van der Waals surface area contributed by atoms with Gasteiger partial charge in [0.2, 0.25) is 0 Å². The van der Waals surface area contributed by atoms with Gasteiger partial charge >= 0.3 is 0 Å². The highest BCUT2D eigenvalue weighted by molar-refractivity contribution is 14.0. The summed E-state index contributed by atoms with van der Waals surface area (Å²) in [6.07, 6.45) is 3.37. The Morgan fingerprint density at radius 2 is 2.22 bits per heavy atom. The molecule has 1 saturated carbocycles. The highest BCUT2D eigenvalue weighted by atomic mass is 127. The molecule has 23 heavy (non-hydrogen) atoms. The molecule has 0 radical (unpaired) electrons. The number of hydrogen-bond donors (Lipinski definition) is 2. The molecule has 3 rings (SSSR count). The van der Waals surface area contributed by atoms with Crippen LogP contribution in [-0.4, -0.2) is 42.6 Å². The van der Waals surface area contributed by atoms with E-state index in [1.165, 1.54) is 25.5 Å². The van der Waals surface area contributed by atoms with Crippen LogP contribution in [0.3, 0.4) is 0 Å². The number of benzene rings is 1. The van der Waals surface area contributed by atoms with Crippen molar-refractivity contribution in [3.8, 4) is 0 Å². The second-order valence-electron chi connectivity index (χ2n) is 6.27. The number of likely N-dealkylation sites (tertiary alicyclic amines) is 1. The van der Waals surface area contributed by atoms with Crippen LogP contribution < -0.4 is 11.1 Å². The molecule has 1 heterocycles. The van der Waals surface area contributed by atoms with Crippen LogP contribution in [0.2, 0.25) is 0 Å². The summed E-state index contributed by atoms with van der Waals surface area (Å²) in [5.74, 6) is 0.581. The van der Waals surface area contributed by atoms with E-state index < -0.39 is 0 Å². The largest absolute Gasteiger partial charge is 0.370 e. The summed E-state index contributed by atoms with van der Waals surface area (Å²) in [4.78, 5) is 6.94. The van der Waals surface area contributed by atoms with E-state index >= 15 is 0 Å². The third-order valence-corrected chi connectivity index (χ3v) is 4.81. The van der Waals surface area contributed by atoms with E-state index in [9.17, 15) is 4.39 Å². The zero-order valence-electron chi connectivity index (χ0n) is 13.5. The molecule has 3 atom stereocenters. The van der Waals surface area contributed by atoms with E-state index in [2.05, 4.69) is 22.1 Å². The Labute approximate surface area is 154 Å². The Morgan fingerprint density at radius 1 is 1.43 bits per heavy atom. The molecular formula is C17H26FIN4. The molecule has 6 heteroatoms. The van der Waals surface area contributed by atoms with Crippen LogP contribution in [0.15, 0.2) is 29.3 Å². The van der Waals surface area contributed by atoms with Crippen molar-refractivity contribution in [3.63, 3.8) is 0 Å². The van der Waals surface area contributed by atoms with Gasteiger partial charge in [0.25, 0.3) is 0 Å². The van der Waals surface area contributed by atoms with Gasteiger partial charge in [-0.1, -0.05) is 25.1 Å². The van der Waals surface area contributed by atoms with Crippen LogP contribution in [0.1, 0.15) is 37.7 Å². The molecule has 1 saturated heterocycles. The highest BCUT2D eigenvalue weighted by Gasteiger charge is 2.40. The predicted molar refractivity (Wildman–Crippen MR) is 103 cm³/mol.